The molecule has 2 aromatic rings. The SMILES string of the molecule is CC(C)(C)OC(=O)NCCCC(=O)OC(C(=O)OC1CC2CCC(C1)[N+]21CCCC1)(c1ccccc1)c1ccccc1. The molecule has 8 heteroatoms. The molecule has 8 nitrogen and oxygen atoms in total. The molecule has 42 heavy (non-hydrogen) atoms. The van der Waals surface area contributed by atoms with Crippen LogP contribution in [0.5, 0.6) is 0 Å². The maximum absolute atomic E-state index is 14.4. The van der Waals surface area contributed by atoms with Crippen molar-refractivity contribution in [3.8, 4) is 0 Å². The zero-order valence-corrected chi connectivity index (χ0v) is 25.2. The zero-order chi connectivity index (χ0) is 29.8. The van der Waals surface area contributed by atoms with Gasteiger partial charge in [-0.25, -0.2) is 9.59 Å². The minimum absolute atomic E-state index is 0.0120. The second-order valence-corrected chi connectivity index (χ2v) is 13.1. The molecule has 1 N–H and O–H groups in total. The number of amides is 1. The normalized spacial score (nSPS) is 22.9. The fourth-order valence-corrected chi connectivity index (χ4v) is 7.41. The maximum atomic E-state index is 14.4. The van der Waals surface area contributed by atoms with Crippen LogP contribution in [0.3, 0.4) is 0 Å². The number of benzene rings is 2. The van der Waals surface area contributed by atoms with Crippen LogP contribution < -0.4 is 5.32 Å². The van der Waals surface area contributed by atoms with Gasteiger partial charge in [-0.3, -0.25) is 4.79 Å². The summed E-state index contributed by atoms with van der Waals surface area (Å²) in [5.74, 6) is -1.10. The summed E-state index contributed by atoms with van der Waals surface area (Å²) in [5, 5.41) is 2.67. The highest BCUT2D eigenvalue weighted by Gasteiger charge is 2.57. The average molecular weight is 578 g/mol. The van der Waals surface area contributed by atoms with Crippen LogP contribution in [0.25, 0.3) is 0 Å². The Hall–Kier alpha value is -3.39. The Labute approximate surface area is 249 Å². The van der Waals surface area contributed by atoms with Crippen LogP contribution in [-0.4, -0.2) is 65.9 Å². The van der Waals surface area contributed by atoms with E-state index in [4.69, 9.17) is 14.2 Å². The lowest BCUT2D eigenvalue weighted by Gasteiger charge is -2.47. The highest BCUT2D eigenvalue weighted by molar-refractivity contribution is 5.89. The number of ether oxygens (including phenoxy) is 3. The Morgan fingerprint density at radius 2 is 1.38 bits per heavy atom. The maximum Gasteiger partial charge on any atom is 0.407 e. The minimum atomic E-state index is -1.74. The van der Waals surface area contributed by atoms with Gasteiger partial charge in [-0.15, -0.1) is 0 Å². The summed E-state index contributed by atoms with van der Waals surface area (Å²) in [7, 11) is 0. The van der Waals surface area contributed by atoms with Crippen molar-refractivity contribution < 1.29 is 33.1 Å². The smallest absolute Gasteiger partial charge is 0.407 e. The summed E-state index contributed by atoms with van der Waals surface area (Å²) in [6.07, 6.45) is 6.25. The van der Waals surface area contributed by atoms with Crippen molar-refractivity contribution in [2.24, 2.45) is 0 Å². The van der Waals surface area contributed by atoms with Gasteiger partial charge in [0.25, 0.3) is 5.60 Å². The van der Waals surface area contributed by atoms with Crippen LogP contribution in [0.1, 0.15) is 83.3 Å². The third-order valence-corrected chi connectivity index (χ3v) is 9.17. The molecule has 2 atom stereocenters. The van der Waals surface area contributed by atoms with Gasteiger partial charge in [0, 0.05) is 62.6 Å². The van der Waals surface area contributed by atoms with Crippen LogP contribution in [-0.2, 0) is 29.4 Å². The Balaban J connectivity index is 1.34. The Kier molecular flexibility index (Phi) is 8.92. The first kappa shape index (κ1) is 30.1. The highest BCUT2D eigenvalue weighted by atomic mass is 16.6. The molecule has 2 aromatic carbocycles. The van der Waals surface area contributed by atoms with Crippen molar-refractivity contribution >= 4 is 18.0 Å². The summed E-state index contributed by atoms with van der Waals surface area (Å²) in [6, 6.07) is 19.4. The standard InChI is InChI=1S/C34H44N2O6/c1-33(2,3)42-32(39)35-20-12-17-30(37)41-34(25-13-6-4-7-14-25,26-15-8-5-9-16-26)31(38)40-29-23-27-18-19-28(24-29)36(27)21-10-11-22-36/h4-9,13-16,27-29H,10-12,17-24H2,1-3H3/p+1. The van der Waals surface area contributed by atoms with Crippen LogP contribution in [0.2, 0.25) is 0 Å². The zero-order valence-electron chi connectivity index (χ0n) is 25.2. The van der Waals surface area contributed by atoms with Crippen molar-refractivity contribution in [2.45, 2.75) is 102 Å². The predicted octanol–water partition coefficient (Wildman–Crippen LogP) is 5.63. The number of rotatable bonds is 9. The summed E-state index contributed by atoms with van der Waals surface area (Å²) in [5.41, 5.74) is -1.26. The van der Waals surface area contributed by atoms with E-state index < -0.39 is 29.2 Å². The quantitative estimate of drug-likeness (QED) is 0.180. The molecule has 1 amide bonds. The molecule has 3 heterocycles. The molecule has 2 bridgehead atoms. The molecule has 3 aliphatic heterocycles. The molecule has 2 unspecified atom stereocenters. The van der Waals surface area contributed by atoms with E-state index >= 15 is 0 Å². The number of quaternary nitrogens is 1. The van der Waals surface area contributed by atoms with Crippen molar-refractivity contribution in [2.75, 3.05) is 19.6 Å². The van der Waals surface area contributed by atoms with Gasteiger partial charge in [0.15, 0.2) is 0 Å². The van der Waals surface area contributed by atoms with E-state index in [0.29, 0.717) is 29.6 Å². The number of nitrogens with zero attached hydrogens (tertiary/aromatic N) is 1. The third kappa shape index (κ3) is 6.33. The first-order chi connectivity index (χ1) is 20.1. The Bertz CT molecular complexity index is 1180. The molecule has 0 aromatic heterocycles. The van der Waals surface area contributed by atoms with E-state index in [1.807, 2.05) is 36.4 Å². The van der Waals surface area contributed by atoms with Gasteiger partial charge in [-0.05, 0) is 27.2 Å². The van der Waals surface area contributed by atoms with Gasteiger partial charge >= 0.3 is 18.0 Å². The van der Waals surface area contributed by atoms with E-state index in [2.05, 4.69) is 5.32 Å². The van der Waals surface area contributed by atoms with Gasteiger partial charge < -0.3 is 24.0 Å². The monoisotopic (exact) mass is 577 g/mol. The lowest BCUT2D eigenvalue weighted by atomic mass is 9.85. The number of piperidine rings is 1. The van der Waals surface area contributed by atoms with E-state index in [-0.39, 0.29) is 19.1 Å². The van der Waals surface area contributed by atoms with Gasteiger partial charge in [0.05, 0.1) is 25.2 Å². The van der Waals surface area contributed by atoms with E-state index in [1.54, 1.807) is 45.0 Å². The number of esters is 2. The molecule has 3 saturated heterocycles. The van der Waals surface area contributed by atoms with Crippen LogP contribution in [0.15, 0.2) is 60.7 Å². The molecule has 0 aliphatic carbocycles. The number of carbonyl (C=O) groups is 3. The Morgan fingerprint density at radius 3 is 1.90 bits per heavy atom. The molecule has 5 rings (SSSR count). The van der Waals surface area contributed by atoms with E-state index in [1.165, 1.54) is 43.3 Å². The van der Waals surface area contributed by atoms with Crippen molar-refractivity contribution in [1.29, 1.82) is 0 Å². The van der Waals surface area contributed by atoms with Crippen molar-refractivity contribution in [1.82, 2.24) is 5.32 Å². The lowest BCUT2D eigenvalue weighted by Crippen LogP contribution is -2.60. The lowest BCUT2D eigenvalue weighted by molar-refractivity contribution is -0.956. The highest BCUT2D eigenvalue weighted by Crippen LogP contribution is 2.47. The van der Waals surface area contributed by atoms with Crippen LogP contribution in [0, 0.1) is 0 Å². The number of hydrogen-bond donors (Lipinski definition) is 1. The minimum Gasteiger partial charge on any atom is -0.458 e. The summed E-state index contributed by atoms with van der Waals surface area (Å²) in [4.78, 5) is 39.8. The van der Waals surface area contributed by atoms with E-state index in [0.717, 1.165) is 12.8 Å². The largest absolute Gasteiger partial charge is 0.458 e. The number of hydrogen-bond acceptors (Lipinski definition) is 6. The fourth-order valence-electron chi connectivity index (χ4n) is 7.41. The van der Waals surface area contributed by atoms with Crippen LogP contribution >= 0.6 is 0 Å². The number of nitrogens with one attached hydrogen (secondary N) is 1. The van der Waals surface area contributed by atoms with Gasteiger partial charge in [-0.2, -0.15) is 0 Å². The molecular weight excluding hydrogens is 532 g/mol. The van der Waals surface area contributed by atoms with Gasteiger partial charge in [-0.1, -0.05) is 60.7 Å². The molecular formula is C34H45N2O6+. The van der Waals surface area contributed by atoms with Crippen molar-refractivity contribution in [3.63, 3.8) is 0 Å². The first-order valence-corrected chi connectivity index (χ1v) is 15.5. The van der Waals surface area contributed by atoms with Gasteiger partial charge in [0.2, 0.25) is 0 Å². The predicted molar refractivity (Wildman–Crippen MR) is 158 cm³/mol. The molecule has 1 spiro atoms. The third-order valence-electron chi connectivity index (χ3n) is 9.17. The summed E-state index contributed by atoms with van der Waals surface area (Å²) in [6.45, 7) is 8.10. The van der Waals surface area contributed by atoms with E-state index in [9.17, 15) is 14.4 Å². The average Bonchev–Trinajstić information content (AvgIpc) is 3.50. The van der Waals surface area contributed by atoms with Crippen molar-refractivity contribution in [3.05, 3.63) is 71.8 Å². The number of alkyl carbamates (subject to hydrolysis) is 1. The molecule has 3 aliphatic rings. The molecule has 0 saturated carbocycles. The first-order valence-electron chi connectivity index (χ1n) is 15.5. The molecule has 226 valence electrons. The summed E-state index contributed by atoms with van der Waals surface area (Å²) >= 11 is 0. The summed E-state index contributed by atoms with van der Waals surface area (Å²) < 4.78 is 19.0. The Morgan fingerprint density at radius 1 is 0.833 bits per heavy atom. The second kappa shape index (κ2) is 12.5. The topological polar surface area (TPSA) is 90.9 Å². The fraction of sp³-hybridized carbons (Fsp3) is 0.559. The molecule has 0 radical (unpaired) electrons. The second-order valence-electron chi connectivity index (χ2n) is 13.1. The number of carbonyl (C=O) groups excluding carboxylic acids is 3. The molecule has 3 fully saturated rings. The van der Waals surface area contributed by atoms with Crippen LogP contribution in [0.4, 0.5) is 4.79 Å². The van der Waals surface area contributed by atoms with Gasteiger partial charge in [0.1, 0.15) is 11.7 Å².